The summed E-state index contributed by atoms with van der Waals surface area (Å²) in [6, 6.07) is 7.10. The second kappa shape index (κ2) is 8.09. The molecule has 0 aliphatic rings. The topological polar surface area (TPSA) is 106 Å². The molecule has 0 fully saturated rings. The third-order valence-electron chi connectivity index (χ3n) is 3.15. The van der Waals surface area contributed by atoms with E-state index in [4.69, 9.17) is 9.84 Å². The second-order valence-corrected chi connectivity index (χ2v) is 5.71. The molecule has 0 atom stereocenters. The van der Waals surface area contributed by atoms with E-state index in [9.17, 15) is 9.59 Å². The van der Waals surface area contributed by atoms with Crippen molar-refractivity contribution >= 4 is 17.6 Å². The van der Waals surface area contributed by atoms with Crippen LogP contribution >= 0.6 is 0 Å². The van der Waals surface area contributed by atoms with Crippen molar-refractivity contribution in [3.05, 3.63) is 36.2 Å². The van der Waals surface area contributed by atoms with E-state index in [1.165, 1.54) is 10.9 Å². The summed E-state index contributed by atoms with van der Waals surface area (Å²) in [6.07, 6.45) is 2.15. The van der Waals surface area contributed by atoms with E-state index in [-0.39, 0.29) is 18.1 Å². The zero-order chi connectivity index (χ0) is 17.5. The number of carbonyl (C=O) groups excluding carboxylic acids is 1. The molecule has 2 aromatic rings. The highest BCUT2D eigenvalue weighted by molar-refractivity contribution is 5.91. The number of hydrogen-bond donors (Lipinski definition) is 2. The number of aromatic nitrogens is 3. The summed E-state index contributed by atoms with van der Waals surface area (Å²) >= 11 is 0. The van der Waals surface area contributed by atoms with Gasteiger partial charge in [-0.25, -0.2) is 9.48 Å². The summed E-state index contributed by atoms with van der Waals surface area (Å²) in [4.78, 5) is 22.7. The first-order chi connectivity index (χ1) is 11.4. The SMILES string of the molecule is CC(C)CCOc1cccc(NC(=O)Cn2cc(C(=O)O)nn2)c1. The van der Waals surface area contributed by atoms with Crippen LogP contribution in [0.4, 0.5) is 5.69 Å². The number of benzene rings is 1. The van der Waals surface area contributed by atoms with Gasteiger partial charge < -0.3 is 15.2 Å². The first-order valence-electron chi connectivity index (χ1n) is 7.60. The molecule has 2 N–H and O–H groups in total. The zero-order valence-electron chi connectivity index (χ0n) is 13.6. The van der Waals surface area contributed by atoms with Crippen molar-refractivity contribution in [2.75, 3.05) is 11.9 Å². The highest BCUT2D eigenvalue weighted by Crippen LogP contribution is 2.18. The van der Waals surface area contributed by atoms with Crippen LogP contribution in [-0.2, 0) is 11.3 Å². The standard InChI is InChI=1S/C16H20N4O4/c1-11(2)6-7-24-13-5-3-4-12(8-13)17-15(21)10-20-9-14(16(22)23)18-19-20/h3-5,8-9,11H,6-7,10H2,1-2H3,(H,17,21)(H,22,23). The molecule has 0 saturated carbocycles. The quantitative estimate of drug-likeness (QED) is 0.766. The van der Waals surface area contributed by atoms with Gasteiger partial charge in [0, 0.05) is 11.8 Å². The van der Waals surface area contributed by atoms with Gasteiger partial charge in [0.05, 0.1) is 12.8 Å². The molecule has 24 heavy (non-hydrogen) atoms. The Morgan fingerprint density at radius 2 is 2.17 bits per heavy atom. The molecule has 128 valence electrons. The number of ether oxygens (including phenoxy) is 1. The molecule has 0 radical (unpaired) electrons. The molecule has 0 unspecified atom stereocenters. The molecule has 0 saturated heterocycles. The summed E-state index contributed by atoms with van der Waals surface area (Å²) in [5.41, 5.74) is 0.393. The van der Waals surface area contributed by atoms with E-state index in [2.05, 4.69) is 29.5 Å². The average Bonchev–Trinajstić information content (AvgIpc) is 2.96. The fourth-order valence-corrected chi connectivity index (χ4v) is 1.90. The number of aromatic carboxylic acids is 1. The minimum Gasteiger partial charge on any atom is -0.494 e. The van der Waals surface area contributed by atoms with Crippen molar-refractivity contribution in [1.82, 2.24) is 15.0 Å². The number of rotatable bonds is 8. The van der Waals surface area contributed by atoms with Crippen molar-refractivity contribution in [2.45, 2.75) is 26.8 Å². The van der Waals surface area contributed by atoms with Crippen molar-refractivity contribution in [2.24, 2.45) is 5.92 Å². The Morgan fingerprint density at radius 3 is 2.83 bits per heavy atom. The lowest BCUT2D eigenvalue weighted by molar-refractivity contribution is -0.116. The Hall–Kier alpha value is -2.90. The number of nitrogens with one attached hydrogen (secondary N) is 1. The van der Waals surface area contributed by atoms with Gasteiger partial charge in [0.1, 0.15) is 12.3 Å². The smallest absolute Gasteiger partial charge is 0.358 e. The predicted octanol–water partition coefficient (Wildman–Crippen LogP) is 2.04. The predicted molar refractivity (Wildman–Crippen MR) is 87.0 cm³/mol. The number of nitrogens with zero attached hydrogens (tertiary/aromatic N) is 3. The van der Waals surface area contributed by atoms with Gasteiger partial charge in [-0.1, -0.05) is 25.1 Å². The van der Waals surface area contributed by atoms with Crippen molar-refractivity contribution in [3.63, 3.8) is 0 Å². The van der Waals surface area contributed by atoms with Crippen molar-refractivity contribution < 1.29 is 19.4 Å². The van der Waals surface area contributed by atoms with Crippen LogP contribution in [0.2, 0.25) is 0 Å². The van der Waals surface area contributed by atoms with E-state index in [1.807, 2.05) is 6.07 Å². The summed E-state index contributed by atoms with van der Waals surface area (Å²) in [5.74, 6) is -0.280. The largest absolute Gasteiger partial charge is 0.494 e. The van der Waals surface area contributed by atoms with Crippen molar-refractivity contribution in [3.8, 4) is 5.75 Å². The van der Waals surface area contributed by atoms with Gasteiger partial charge in [-0.3, -0.25) is 4.79 Å². The van der Waals surface area contributed by atoms with E-state index in [0.717, 1.165) is 6.42 Å². The number of carboxylic acid groups (broad SMARTS) is 1. The fraction of sp³-hybridized carbons (Fsp3) is 0.375. The Bertz CT molecular complexity index is 712. The van der Waals surface area contributed by atoms with Gasteiger partial charge in [0.25, 0.3) is 0 Å². The normalized spacial score (nSPS) is 10.6. The lowest BCUT2D eigenvalue weighted by Crippen LogP contribution is -2.19. The molecule has 0 bridgehead atoms. The van der Waals surface area contributed by atoms with Crippen LogP contribution in [0.25, 0.3) is 0 Å². The van der Waals surface area contributed by atoms with Crippen LogP contribution in [0.5, 0.6) is 5.75 Å². The summed E-state index contributed by atoms with van der Waals surface area (Å²) < 4.78 is 6.81. The Labute approximate surface area is 139 Å². The summed E-state index contributed by atoms with van der Waals surface area (Å²) in [5, 5.41) is 18.5. The van der Waals surface area contributed by atoms with Crippen LogP contribution in [0.15, 0.2) is 30.5 Å². The number of carbonyl (C=O) groups is 2. The number of anilines is 1. The maximum Gasteiger partial charge on any atom is 0.358 e. The zero-order valence-corrected chi connectivity index (χ0v) is 13.6. The van der Waals surface area contributed by atoms with Crippen LogP contribution in [-0.4, -0.2) is 38.6 Å². The average molecular weight is 332 g/mol. The fourth-order valence-electron chi connectivity index (χ4n) is 1.90. The van der Waals surface area contributed by atoms with Crippen molar-refractivity contribution in [1.29, 1.82) is 0 Å². The van der Waals surface area contributed by atoms with E-state index >= 15 is 0 Å². The van der Waals surface area contributed by atoms with Gasteiger partial charge in [0.2, 0.25) is 5.91 Å². The number of hydrogen-bond acceptors (Lipinski definition) is 5. The van der Waals surface area contributed by atoms with Gasteiger partial charge in [-0.05, 0) is 24.5 Å². The van der Waals surface area contributed by atoms with E-state index in [1.54, 1.807) is 18.2 Å². The monoisotopic (exact) mass is 332 g/mol. The lowest BCUT2D eigenvalue weighted by Gasteiger charge is -2.10. The third-order valence-corrected chi connectivity index (χ3v) is 3.15. The first kappa shape index (κ1) is 17.5. The minimum atomic E-state index is -1.19. The molecule has 8 nitrogen and oxygen atoms in total. The Balaban J connectivity index is 1.89. The Morgan fingerprint density at radius 1 is 1.38 bits per heavy atom. The maximum absolute atomic E-state index is 12.0. The molecule has 0 aliphatic heterocycles. The molecule has 2 rings (SSSR count). The summed E-state index contributed by atoms with van der Waals surface area (Å²) in [7, 11) is 0. The van der Waals surface area contributed by atoms with Gasteiger partial charge >= 0.3 is 5.97 Å². The maximum atomic E-state index is 12.0. The molecule has 0 spiro atoms. The molecule has 1 aromatic carbocycles. The second-order valence-electron chi connectivity index (χ2n) is 5.71. The van der Waals surface area contributed by atoms with Crippen LogP contribution < -0.4 is 10.1 Å². The molecular formula is C16H20N4O4. The number of carboxylic acids is 1. The van der Waals surface area contributed by atoms with E-state index in [0.29, 0.717) is 24.0 Å². The van der Waals surface area contributed by atoms with E-state index < -0.39 is 5.97 Å². The van der Waals surface area contributed by atoms with Gasteiger partial charge in [0.15, 0.2) is 5.69 Å². The number of amides is 1. The molecule has 1 heterocycles. The summed E-state index contributed by atoms with van der Waals surface area (Å²) in [6.45, 7) is 4.74. The van der Waals surface area contributed by atoms with Crippen LogP contribution in [0.3, 0.4) is 0 Å². The molecule has 0 aliphatic carbocycles. The molecule has 1 aromatic heterocycles. The van der Waals surface area contributed by atoms with Crippen LogP contribution in [0, 0.1) is 5.92 Å². The van der Waals surface area contributed by atoms with Gasteiger partial charge in [-0.2, -0.15) is 0 Å². The Kier molecular flexibility index (Phi) is 5.89. The molecule has 1 amide bonds. The highest BCUT2D eigenvalue weighted by Gasteiger charge is 2.11. The molecule has 8 heteroatoms. The van der Waals surface area contributed by atoms with Gasteiger partial charge in [-0.15, -0.1) is 5.10 Å². The molecular weight excluding hydrogens is 312 g/mol. The first-order valence-corrected chi connectivity index (χ1v) is 7.60. The van der Waals surface area contributed by atoms with Crippen LogP contribution in [0.1, 0.15) is 30.8 Å². The minimum absolute atomic E-state index is 0.126. The lowest BCUT2D eigenvalue weighted by atomic mass is 10.1. The third kappa shape index (κ3) is 5.38. The highest BCUT2D eigenvalue weighted by atomic mass is 16.5.